The first-order chi connectivity index (χ1) is 5.31. The van der Waals surface area contributed by atoms with Gasteiger partial charge in [0.15, 0.2) is 0 Å². The molecule has 0 aliphatic rings. The molecule has 0 heterocycles. The lowest BCUT2D eigenvalue weighted by Crippen LogP contribution is -2.03. The number of alkyl halides is 1. The summed E-state index contributed by atoms with van der Waals surface area (Å²) >= 11 is 7.06. The molecule has 0 saturated heterocycles. The standard InChI is InChI=1S/C7H13ClO2S/c1-10-7(9)6-11-5-3-2-4-8/h2-6H2,1H3. The third-order valence-electron chi connectivity index (χ3n) is 1.12. The van der Waals surface area contributed by atoms with Gasteiger partial charge < -0.3 is 4.74 Å². The number of hydrogen-bond donors (Lipinski definition) is 0. The lowest BCUT2D eigenvalue weighted by atomic mass is 10.4. The topological polar surface area (TPSA) is 26.3 Å². The van der Waals surface area contributed by atoms with Crippen LogP contribution in [-0.4, -0.2) is 30.5 Å². The predicted molar refractivity (Wildman–Crippen MR) is 49.3 cm³/mol. The first-order valence-corrected chi connectivity index (χ1v) is 5.20. The molecule has 2 nitrogen and oxygen atoms in total. The van der Waals surface area contributed by atoms with Crippen molar-refractivity contribution in [3.05, 3.63) is 0 Å². The largest absolute Gasteiger partial charge is 0.468 e. The van der Waals surface area contributed by atoms with E-state index in [9.17, 15) is 4.79 Å². The molecule has 0 aromatic carbocycles. The van der Waals surface area contributed by atoms with Gasteiger partial charge in [-0.05, 0) is 18.6 Å². The van der Waals surface area contributed by atoms with Gasteiger partial charge in [-0.2, -0.15) is 11.8 Å². The van der Waals surface area contributed by atoms with Crippen LogP contribution in [0.1, 0.15) is 12.8 Å². The van der Waals surface area contributed by atoms with Gasteiger partial charge in [0.05, 0.1) is 12.9 Å². The van der Waals surface area contributed by atoms with Crippen LogP contribution in [0, 0.1) is 0 Å². The van der Waals surface area contributed by atoms with Gasteiger partial charge in [-0.25, -0.2) is 0 Å². The van der Waals surface area contributed by atoms with Gasteiger partial charge >= 0.3 is 5.97 Å². The van der Waals surface area contributed by atoms with Crippen molar-refractivity contribution in [2.45, 2.75) is 12.8 Å². The maximum absolute atomic E-state index is 10.6. The number of halogens is 1. The van der Waals surface area contributed by atoms with E-state index in [1.165, 1.54) is 7.11 Å². The van der Waals surface area contributed by atoms with Gasteiger partial charge in [-0.15, -0.1) is 11.6 Å². The molecule has 0 N–H and O–H groups in total. The van der Waals surface area contributed by atoms with Crippen molar-refractivity contribution in [3.63, 3.8) is 0 Å². The van der Waals surface area contributed by atoms with E-state index in [0.717, 1.165) is 18.6 Å². The third-order valence-corrected chi connectivity index (χ3v) is 2.40. The Kier molecular flexibility index (Phi) is 8.29. The number of hydrogen-bond acceptors (Lipinski definition) is 3. The van der Waals surface area contributed by atoms with Crippen molar-refractivity contribution in [3.8, 4) is 0 Å². The summed E-state index contributed by atoms with van der Waals surface area (Å²) in [6, 6.07) is 0. The Hall–Kier alpha value is 0.110. The Labute approximate surface area is 76.6 Å². The van der Waals surface area contributed by atoms with E-state index in [1.54, 1.807) is 11.8 Å². The first-order valence-electron chi connectivity index (χ1n) is 3.51. The highest BCUT2D eigenvalue weighted by molar-refractivity contribution is 7.99. The summed E-state index contributed by atoms with van der Waals surface area (Å²) in [4.78, 5) is 10.6. The molecule has 0 bridgehead atoms. The smallest absolute Gasteiger partial charge is 0.315 e. The molecule has 0 atom stereocenters. The molecule has 0 saturated carbocycles. The number of unbranched alkanes of at least 4 members (excludes halogenated alkanes) is 1. The van der Waals surface area contributed by atoms with Crippen LogP contribution >= 0.6 is 23.4 Å². The number of carbonyl (C=O) groups is 1. The molecule has 0 spiro atoms. The van der Waals surface area contributed by atoms with Crippen molar-refractivity contribution in [2.75, 3.05) is 24.5 Å². The van der Waals surface area contributed by atoms with Gasteiger partial charge in [0.2, 0.25) is 0 Å². The fourth-order valence-corrected chi connectivity index (χ4v) is 1.54. The Balaban J connectivity index is 2.95. The van der Waals surface area contributed by atoms with Crippen molar-refractivity contribution < 1.29 is 9.53 Å². The highest BCUT2D eigenvalue weighted by Crippen LogP contribution is 2.05. The van der Waals surface area contributed by atoms with Crippen molar-refractivity contribution in [1.29, 1.82) is 0 Å². The summed E-state index contributed by atoms with van der Waals surface area (Å²) in [5, 5.41) is 0. The Morgan fingerprint density at radius 3 is 2.82 bits per heavy atom. The summed E-state index contributed by atoms with van der Waals surface area (Å²) in [5.41, 5.74) is 0. The van der Waals surface area contributed by atoms with E-state index in [4.69, 9.17) is 11.6 Å². The number of carbonyl (C=O) groups excluding carboxylic acids is 1. The molecule has 0 aromatic heterocycles. The van der Waals surface area contributed by atoms with Crippen LogP contribution in [0.5, 0.6) is 0 Å². The zero-order valence-corrected chi connectivity index (χ0v) is 8.21. The predicted octanol–water partition coefficient (Wildman–Crippen LogP) is 1.91. The number of rotatable bonds is 6. The van der Waals surface area contributed by atoms with E-state index in [2.05, 4.69) is 4.74 Å². The zero-order valence-electron chi connectivity index (χ0n) is 6.64. The lowest BCUT2D eigenvalue weighted by Gasteiger charge is -1.98. The Morgan fingerprint density at radius 2 is 2.27 bits per heavy atom. The van der Waals surface area contributed by atoms with Gasteiger partial charge in [-0.3, -0.25) is 4.79 Å². The molecule has 0 fully saturated rings. The lowest BCUT2D eigenvalue weighted by molar-refractivity contribution is -0.137. The number of esters is 1. The summed E-state index contributed by atoms with van der Waals surface area (Å²) in [6.45, 7) is 0. The van der Waals surface area contributed by atoms with E-state index < -0.39 is 0 Å². The maximum atomic E-state index is 10.6. The molecule has 0 aliphatic heterocycles. The average molecular weight is 197 g/mol. The Bertz CT molecular complexity index is 109. The molecule has 66 valence electrons. The first kappa shape index (κ1) is 11.1. The van der Waals surface area contributed by atoms with Gasteiger partial charge in [0.1, 0.15) is 0 Å². The fraction of sp³-hybridized carbons (Fsp3) is 0.857. The quantitative estimate of drug-likeness (QED) is 0.369. The molecule has 0 amide bonds. The van der Waals surface area contributed by atoms with Gasteiger partial charge in [0.25, 0.3) is 0 Å². The number of methoxy groups -OCH3 is 1. The summed E-state index contributed by atoms with van der Waals surface area (Å²) in [5.74, 6) is 2.00. The van der Waals surface area contributed by atoms with Crippen LogP contribution < -0.4 is 0 Å². The van der Waals surface area contributed by atoms with Crippen LogP contribution in [0.3, 0.4) is 0 Å². The number of ether oxygens (including phenoxy) is 1. The minimum absolute atomic E-state index is 0.152. The highest BCUT2D eigenvalue weighted by Gasteiger charge is 1.98. The molecule has 0 aromatic rings. The summed E-state index contributed by atoms with van der Waals surface area (Å²) in [6.07, 6.45) is 2.10. The van der Waals surface area contributed by atoms with E-state index in [0.29, 0.717) is 11.6 Å². The van der Waals surface area contributed by atoms with Gasteiger partial charge in [-0.1, -0.05) is 0 Å². The van der Waals surface area contributed by atoms with Crippen molar-refractivity contribution in [2.24, 2.45) is 0 Å². The van der Waals surface area contributed by atoms with Crippen molar-refractivity contribution >= 4 is 29.3 Å². The summed E-state index contributed by atoms with van der Waals surface area (Å²) in [7, 11) is 1.40. The second-order valence-electron chi connectivity index (χ2n) is 2.02. The van der Waals surface area contributed by atoms with Crippen LogP contribution in [0.15, 0.2) is 0 Å². The third kappa shape index (κ3) is 8.01. The van der Waals surface area contributed by atoms with Crippen molar-refractivity contribution in [1.82, 2.24) is 0 Å². The molecule has 11 heavy (non-hydrogen) atoms. The molecule has 4 heteroatoms. The van der Waals surface area contributed by atoms with Gasteiger partial charge in [0, 0.05) is 5.88 Å². The second-order valence-corrected chi connectivity index (χ2v) is 3.51. The van der Waals surface area contributed by atoms with Crippen LogP contribution in [-0.2, 0) is 9.53 Å². The minimum atomic E-state index is -0.152. The SMILES string of the molecule is COC(=O)CSCCCCCl. The number of thioether (sulfide) groups is 1. The highest BCUT2D eigenvalue weighted by atomic mass is 35.5. The normalized spacial score (nSPS) is 9.64. The fourth-order valence-electron chi connectivity index (χ4n) is 0.513. The molecule has 0 radical (unpaired) electrons. The zero-order chi connectivity index (χ0) is 8.53. The molecular weight excluding hydrogens is 184 g/mol. The molecule has 0 unspecified atom stereocenters. The molecule has 0 aliphatic carbocycles. The average Bonchev–Trinajstić information content (AvgIpc) is 2.04. The monoisotopic (exact) mass is 196 g/mol. The van der Waals surface area contributed by atoms with Crippen LogP contribution in [0.4, 0.5) is 0 Å². The van der Waals surface area contributed by atoms with E-state index >= 15 is 0 Å². The van der Waals surface area contributed by atoms with Crippen LogP contribution in [0.25, 0.3) is 0 Å². The second kappa shape index (κ2) is 8.21. The van der Waals surface area contributed by atoms with E-state index in [1.807, 2.05) is 0 Å². The summed E-state index contributed by atoms with van der Waals surface area (Å²) < 4.78 is 4.47. The van der Waals surface area contributed by atoms with Crippen LogP contribution in [0.2, 0.25) is 0 Å². The van der Waals surface area contributed by atoms with E-state index in [-0.39, 0.29) is 5.97 Å². The minimum Gasteiger partial charge on any atom is -0.468 e. The maximum Gasteiger partial charge on any atom is 0.315 e. The molecule has 0 rings (SSSR count). The molecular formula is C7H13ClO2S. The Morgan fingerprint density at radius 1 is 1.55 bits per heavy atom.